The van der Waals surface area contributed by atoms with Gasteiger partial charge >= 0.3 is 0 Å². The number of hydrogen-bond acceptors (Lipinski definition) is 6. The van der Waals surface area contributed by atoms with Gasteiger partial charge in [0.2, 0.25) is 5.91 Å². The summed E-state index contributed by atoms with van der Waals surface area (Å²) in [5.41, 5.74) is 0.217. The lowest BCUT2D eigenvalue weighted by Gasteiger charge is -2.64. The molecule has 7 nitrogen and oxygen atoms in total. The molecule has 0 unspecified atom stereocenters. The molecule has 1 aromatic carbocycles. The molecular formula is C24H33N3O4. The number of nitrogens with zero attached hydrogens (tertiary/aromatic N) is 2. The third-order valence-electron chi connectivity index (χ3n) is 8.03. The Morgan fingerprint density at radius 2 is 2.10 bits per heavy atom. The van der Waals surface area contributed by atoms with E-state index in [4.69, 9.17) is 0 Å². The minimum Gasteiger partial charge on any atom is -0.508 e. The van der Waals surface area contributed by atoms with Gasteiger partial charge in [-0.05, 0) is 75.5 Å². The molecule has 3 N–H and O–H groups in total. The summed E-state index contributed by atoms with van der Waals surface area (Å²) >= 11 is 0. The van der Waals surface area contributed by atoms with Gasteiger partial charge in [0.25, 0.3) is 0 Å². The van der Waals surface area contributed by atoms with Crippen molar-refractivity contribution in [3.05, 3.63) is 29.3 Å². The normalized spacial score (nSPS) is 34.9. The average Bonchev–Trinajstić information content (AvgIpc) is 3.49. The van der Waals surface area contributed by atoms with Crippen LogP contribution in [-0.2, 0) is 21.4 Å². The van der Waals surface area contributed by atoms with Crippen LogP contribution in [0.15, 0.2) is 18.2 Å². The highest BCUT2D eigenvalue weighted by Gasteiger charge is 2.66. The van der Waals surface area contributed by atoms with Crippen molar-refractivity contribution in [1.82, 2.24) is 15.1 Å². The van der Waals surface area contributed by atoms with E-state index in [1.807, 2.05) is 20.2 Å². The molecule has 4 aliphatic rings. The van der Waals surface area contributed by atoms with E-state index in [0.29, 0.717) is 18.8 Å². The van der Waals surface area contributed by atoms with Gasteiger partial charge in [0, 0.05) is 30.8 Å². The Balaban J connectivity index is 1.53. The van der Waals surface area contributed by atoms with Crippen LogP contribution in [0.5, 0.6) is 5.75 Å². The van der Waals surface area contributed by atoms with Crippen LogP contribution in [0.3, 0.4) is 0 Å². The molecule has 1 heterocycles. The maximum atomic E-state index is 13.3. The van der Waals surface area contributed by atoms with E-state index >= 15 is 0 Å². The van der Waals surface area contributed by atoms with Crippen LogP contribution in [0.4, 0.5) is 0 Å². The number of phenols is 1. The molecule has 0 radical (unpaired) electrons. The van der Waals surface area contributed by atoms with Crippen molar-refractivity contribution < 1.29 is 19.8 Å². The number of rotatable bonds is 5. The van der Waals surface area contributed by atoms with Crippen molar-refractivity contribution in [1.29, 1.82) is 0 Å². The fourth-order valence-corrected chi connectivity index (χ4v) is 6.41. The summed E-state index contributed by atoms with van der Waals surface area (Å²) in [5.74, 6) is 0.653. The SMILES string of the molecule is CN(C)CC(=O)N[C@H]1C[C@@]2(O)[C@H]3Cc4ccc(O)cc4[C@@]2(CCN3CC2CC2)CC1=O. The topological polar surface area (TPSA) is 93.1 Å². The van der Waals surface area contributed by atoms with Crippen LogP contribution in [0, 0.1) is 5.92 Å². The largest absolute Gasteiger partial charge is 0.508 e. The number of carbonyl (C=O) groups is 2. The number of ketones is 1. The zero-order valence-corrected chi connectivity index (χ0v) is 18.4. The van der Waals surface area contributed by atoms with Gasteiger partial charge in [-0.3, -0.25) is 14.5 Å². The molecule has 1 aliphatic heterocycles. The fourth-order valence-electron chi connectivity index (χ4n) is 6.41. The molecule has 168 valence electrons. The van der Waals surface area contributed by atoms with Crippen molar-refractivity contribution >= 4 is 11.7 Å². The van der Waals surface area contributed by atoms with E-state index in [9.17, 15) is 19.8 Å². The van der Waals surface area contributed by atoms with Crippen LogP contribution < -0.4 is 5.32 Å². The second-order valence-corrected chi connectivity index (χ2v) is 10.5. The van der Waals surface area contributed by atoms with Crippen molar-refractivity contribution in [2.75, 3.05) is 33.7 Å². The number of benzene rings is 1. The Kier molecular flexibility index (Phi) is 4.92. The van der Waals surface area contributed by atoms with E-state index < -0.39 is 17.1 Å². The number of likely N-dealkylation sites (tertiary alicyclic amines) is 1. The molecule has 3 aliphatic carbocycles. The number of piperidine rings is 1. The zero-order chi connectivity index (χ0) is 22.0. The molecule has 1 saturated heterocycles. The molecular weight excluding hydrogens is 394 g/mol. The molecule has 5 rings (SSSR count). The first-order chi connectivity index (χ1) is 14.7. The van der Waals surface area contributed by atoms with Gasteiger partial charge in [-0.2, -0.15) is 0 Å². The number of amides is 1. The second-order valence-electron chi connectivity index (χ2n) is 10.5. The van der Waals surface area contributed by atoms with E-state index in [2.05, 4.69) is 10.2 Å². The Bertz CT molecular complexity index is 914. The lowest BCUT2D eigenvalue weighted by atomic mass is 9.48. The second kappa shape index (κ2) is 7.29. The number of fused-ring (bicyclic) bond motifs is 1. The number of aliphatic hydroxyl groups is 1. The van der Waals surface area contributed by atoms with Crippen LogP contribution in [0.1, 0.15) is 43.2 Å². The number of hydrogen-bond donors (Lipinski definition) is 3. The van der Waals surface area contributed by atoms with Gasteiger partial charge in [0.15, 0.2) is 5.78 Å². The standard InChI is InChI=1S/C24H33N3O4/c1-26(2)14-22(30)25-19-11-24(31)21-9-16-5-6-17(28)10-18(16)23(24,12-20(19)29)7-8-27(21)13-15-3-4-15/h5-6,10,15,19,21,28,31H,3-4,7-9,11-14H2,1-2H3,(H,25,30)/t19-,21+,23+,24+/m0/s1. The van der Waals surface area contributed by atoms with Crippen molar-refractivity contribution in [3.8, 4) is 5.75 Å². The fraction of sp³-hybridized carbons (Fsp3) is 0.667. The van der Waals surface area contributed by atoms with Crippen LogP contribution in [-0.4, -0.2) is 83.1 Å². The average molecular weight is 428 g/mol. The predicted octanol–water partition coefficient (Wildman–Crippen LogP) is 0.811. The highest BCUT2D eigenvalue weighted by Crippen LogP contribution is 2.58. The molecule has 0 spiro atoms. The van der Waals surface area contributed by atoms with Crippen molar-refractivity contribution in [3.63, 3.8) is 0 Å². The summed E-state index contributed by atoms with van der Waals surface area (Å²) in [4.78, 5) is 29.9. The predicted molar refractivity (Wildman–Crippen MR) is 116 cm³/mol. The quantitative estimate of drug-likeness (QED) is 0.644. The summed E-state index contributed by atoms with van der Waals surface area (Å²) in [5, 5.41) is 25.5. The van der Waals surface area contributed by atoms with Gasteiger partial charge in [-0.15, -0.1) is 0 Å². The minimum atomic E-state index is -1.12. The highest BCUT2D eigenvalue weighted by molar-refractivity contribution is 5.92. The number of Topliss-reactive ketones (excluding diaryl/α,β-unsaturated/α-hetero) is 1. The zero-order valence-electron chi connectivity index (χ0n) is 18.4. The van der Waals surface area contributed by atoms with Crippen LogP contribution in [0.25, 0.3) is 0 Å². The summed E-state index contributed by atoms with van der Waals surface area (Å²) in [7, 11) is 3.63. The number of carbonyl (C=O) groups excluding carboxylic acids is 2. The maximum Gasteiger partial charge on any atom is 0.234 e. The summed E-state index contributed by atoms with van der Waals surface area (Å²) in [6, 6.07) is 4.66. The first-order valence-corrected chi connectivity index (χ1v) is 11.5. The summed E-state index contributed by atoms with van der Waals surface area (Å²) in [6.07, 6.45) is 4.31. The maximum absolute atomic E-state index is 13.3. The van der Waals surface area contributed by atoms with E-state index in [1.165, 1.54) is 12.8 Å². The van der Waals surface area contributed by atoms with Gasteiger partial charge in [-0.25, -0.2) is 0 Å². The number of phenolic OH excluding ortho intramolecular Hbond substituents is 1. The lowest BCUT2D eigenvalue weighted by Crippen LogP contribution is -2.76. The highest BCUT2D eigenvalue weighted by atomic mass is 16.3. The third kappa shape index (κ3) is 3.38. The van der Waals surface area contributed by atoms with E-state index in [1.54, 1.807) is 17.0 Å². The smallest absolute Gasteiger partial charge is 0.234 e. The Labute approximate surface area is 183 Å². The molecule has 3 fully saturated rings. The number of likely N-dealkylation sites (N-methyl/N-ethyl adjacent to an activating group) is 1. The monoisotopic (exact) mass is 427 g/mol. The third-order valence-corrected chi connectivity index (χ3v) is 8.03. The lowest BCUT2D eigenvalue weighted by molar-refractivity contribution is -0.178. The first-order valence-electron chi connectivity index (χ1n) is 11.5. The van der Waals surface area contributed by atoms with Gasteiger partial charge < -0.3 is 20.4 Å². The number of nitrogens with one attached hydrogen (secondary N) is 1. The van der Waals surface area contributed by atoms with E-state index in [-0.39, 0.29) is 42.9 Å². The van der Waals surface area contributed by atoms with E-state index in [0.717, 1.165) is 24.2 Å². The molecule has 31 heavy (non-hydrogen) atoms. The van der Waals surface area contributed by atoms with Crippen LogP contribution >= 0.6 is 0 Å². The molecule has 2 saturated carbocycles. The molecule has 1 aromatic rings. The summed E-state index contributed by atoms with van der Waals surface area (Å²) in [6.45, 7) is 2.05. The molecule has 0 aromatic heterocycles. The molecule has 2 bridgehead atoms. The molecule has 4 atom stereocenters. The Hall–Kier alpha value is -1.96. The van der Waals surface area contributed by atoms with Crippen molar-refractivity contribution in [2.24, 2.45) is 5.92 Å². The van der Waals surface area contributed by atoms with Gasteiger partial charge in [0.05, 0.1) is 18.2 Å². The molecule has 1 amide bonds. The van der Waals surface area contributed by atoms with Crippen LogP contribution in [0.2, 0.25) is 0 Å². The van der Waals surface area contributed by atoms with Crippen molar-refractivity contribution in [2.45, 2.75) is 61.6 Å². The minimum absolute atomic E-state index is 0.0256. The Morgan fingerprint density at radius 3 is 2.81 bits per heavy atom. The molecule has 7 heteroatoms. The first kappa shape index (κ1) is 20.9. The Morgan fingerprint density at radius 1 is 1.32 bits per heavy atom. The van der Waals surface area contributed by atoms with Gasteiger partial charge in [-0.1, -0.05) is 6.07 Å². The number of aromatic hydroxyl groups is 1. The van der Waals surface area contributed by atoms with Gasteiger partial charge in [0.1, 0.15) is 5.75 Å². The summed E-state index contributed by atoms with van der Waals surface area (Å²) < 4.78 is 0.